The van der Waals surface area contributed by atoms with Crippen LogP contribution in [0.4, 0.5) is 0 Å². The van der Waals surface area contributed by atoms with Crippen LogP contribution in [0.25, 0.3) is 5.57 Å². The monoisotopic (exact) mass is 580 g/mol. The lowest BCUT2D eigenvalue weighted by Gasteiger charge is -2.38. The number of nitrogens with one attached hydrogen (secondary N) is 1. The summed E-state index contributed by atoms with van der Waals surface area (Å²) in [6, 6.07) is 11.4. The molecule has 0 amide bonds. The summed E-state index contributed by atoms with van der Waals surface area (Å²) in [4.78, 5) is 6.87. The predicted octanol–water partition coefficient (Wildman–Crippen LogP) is 4.16. The predicted molar refractivity (Wildman–Crippen MR) is 153 cm³/mol. The number of likely N-dealkylation sites (tertiary alicyclic amines) is 1. The number of nitrogens with zero attached hydrogens (tertiary/aromatic N) is 3. The molecule has 2 unspecified atom stereocenters. The van der Waals surface area contributed by atoms with Crippen molar-refractivity contribution in [3.8, 4) is 5.88 Å². The van der Waals surface area contributed by atoms with Gasteiger partial charge in [0.25, 0.3) is 0 Å². The van der Waals surface area contributed by atoms with Crippen molar-refractivity contribution in [3.05, 3.63) is 100 Å². The summed E-state index contributed by atoms with van der Waals surface area (Å²) in [5, 5.41) is 11.9. The number of aromatic nitrogens is 1. The van der Waals surface area contributed by atoms with Gasteiger partial charge in [0, 0.05) is 42.0 Å². The lowest BCUT2D eigenvalue weighted by atomic mass is 9.84. The van der Waals surface area contributed by atoms with Crippen molar-refractivity contribution >= 4 is 34.3 Å². The fraction of sp³-hybridized carbons (Fsp3) is 0.310. The third kappa shape index (κ3) is 5.97. The van der Waals surface area contributed by atoms with Crippen LogP contribution >= 0.6 is 11.6 Å². The molecule has 1 saturated heterocycles. The van der Waals surface area contributed by atoms with E-state index in [2.05, 4.69) is 31.9 Å². The summed E-state index contributed by atoms with van der Waals surface area (Å²) in [5.74, 6) is 1.56. The first-order valence-corrected chi connectivity index (χ1v) is 14.6. The number of halogens is 1. The van der Waals surface area contributed by atoms with Crippen LogP contribution in [0.2, 0.25) is 5.02 Å². The molecule has 0 spiro atoms. The van der Waals surface area contributed by atoms with Gasteiger partial charge in [-0.05, 0) is 66.8 Å². The van der Waals surface area contributed by atoms with Crippen LogP contribution in [0.15, 0.2) is 88.7 Å². The number of hydrogen-bond donors (Lipinski definition) is 2. The van der Waals surface area contributed by atoms with E-state index >= 15 is 0 Å². The molecule has 0 radical (unpaired) electrons. The SMILES string of the molecule is O=S1N=C(COC2C=CC=C3Oc4ncccc4C(=CCCN4CCC(O)(c5ccc(Cl)cc5)CC4)C=C32)NO1. The average Bonchev–Trinajstić information content (AvgIpc) is 3.31. The van der Waals surface area contributed by atoms with Crippen molar-refractivity contribution in [2.45, 2.75) is 31.0 Å². The van der Waals surface area contributed by atoms with Gasteiger partial charge in [-0.1, -0.05) is 42.0 Å². The van der Waals surface area contributed by atoms with Crippen molar-refractivity contribution in [2.75, 3.05) is 26.2 Å². The topological polar surface area (TPSA) is 106 Å². The molecule has 11 heteroatoms. The maximum Gasteiger partial charge on any atom is 0.309 e. The zero-order valence-electron chi connectivity index (χ0n) is 21.7. The molecular formula is C29H29ClN4O5S. The van der Waals surface area contributed by atoms with E-state index in [1.807, 2.05) is 54.6 Å². The average molecular weight is 581 g/mol. The highest BCUT2D eigenvalue weighted by molar-refractivity contribution is 7.79. The highest BCUT2D eigenvalue weighted by Crippen LogP contribution is 2.37. The van der Waals surface area contributed by atoms with E-state index in [9.17, 15) is 9.32 Å². The minimum Gasteiger partial charge on any atom is -0.438 e. The van der Waals surface area contributed by atoms with E-state index in [4.69, 9.17) is 25.4 Å². The molecule has 1 fully saturated rings. The summed E-state index contributed by atoms with van der Waals surface area (Å²) in [5.41, 5.74) is 5.39. The van der Waals surface area contributed by atoms with Crippen LogP contribution in [-0.4, -0.2) is 57.4 Å². The van der Waals surface area contributed by atoms with Gasteiger partial charge in [0.1, 0.15) is 18.5 Å². The van der Waals surface area contributed by atoms with Gasteiger partial charge in [0.15, 0.2) is 5.84 Å². The second-order valence-corrected chi connectivity index (χ2v) is 11.2. The number of fused-ring (bicyclic) bond motifs is 2. The van der Waals surface area contributed by atoms with Crippen LogP contribution in [0, 0.1) is 0 Å². The number of aliphatic hydroxyl groups is 1. The van der Waals surface area contributed by atoms with Gasteiger partial charge >= 0.3 is 11.3 Å². The third-order valence-electron chi connectivity index (χ3n) is 7.41. The van der Waals surface area contributed by atoms with Gasteiger partial charge in [-0.25, -0.2) is 14.7 Å². The summed E-state index contributed by atoms with van der Waals surface area (Å²) < 4.78 is 32.3. The highest BCUT2D eigenvalue weighted by atomic mass is 35.5. The normalized spacial score (nSPS) is 24.6. The highest BCUT2D eigenvalue weighted by Gasteiger charge is 2.34. The molecule has 3 aliphatic heterocycles. The van der Waals surface area contributed by atoms with Crippen molar-refractivity contribution in [2.24, 2.45) is 4.40 Å². The molecule has 40 heavy (non-hydrogen) atoms. The van der Waals surface area contributed by atoms with Crippen molar-refractivity contribution in [3.63, 3.8) is 0 Å². The van der Waals surface area contributed by atoms with Crippen LogP contribution in [0.3, 0.4) is 0 Å². The second kappa shape index (κ2) is 11.8. The molecule has 4 aliphatic rings. The zero-order valence-corrected chi connectivity index (χ0v) is 23.2. The minimum absolute atomic E-state index is 0.104. The van der Waals surface area contributed by atoms with Gasteiger partial charge < -0.3 is 19.5 Å². The van der Waals surface area contributed by atoms with Crippen LogP contribution in [0.5, 0.6) is 5.88 Å². The molecule has 6 rings (SSSR count). The number of pyridine rings is 1. The number of hydrogen-bond acceptors (Lipinski definition) is 8. The Labute approximate surface area is 240 Å². The molecule has 2 atom stereocenters. The van der Waals surface area contributed by atoms with Crippen molar-refractivity contribution < 1.29 is 23.1 Å². The molecular weight excluding hydrogens is 552 g/mol. The molecule has 1 aliphatic carbocycles. The largest absolute Gasteiger partial charge is 0.438 e. The van der Waals surface area contributed by atoms with Crippen molar-refractivity contribution in [1.29, 1.82) is 0 Å². The van der Waals surface area contributed by atoms with Crippen LogP contribution in [0.1, 0.15) is 30.4 Å². The second-order valence-electron chi connectivity index (χ2n) is 9.97. The number of benzene rings is 1. The quantitative estimate of drug-likeness (QED) is 0.503. The van der Waals surface area contributed by atoms with Gasteiger partial charge in [0.05, 0.1) is 5.60 Å². The van der Waals surface area contributed by atoms with E-state index in [0.29, 0.717) is 35.3 Å². The molecule has 9 nitrogen and oxygen atoms in total. The molecule has 0 bridgehead atoms. The molecule has 208 valence electrons. The summed E-state index contributed by atoms with van der Waals surface area (Å²) in [6.07, 6.45) is 13.5. The third-order valence-corrected chi connectivity index (χ3v) is 8.26. The van der Waals surface area contributed by atoms with Gasteiger partial charge in [-0.2, -0.15) is 4.28 Å². The molecule has 1 aromatic heterocycles. The van der Waals surface area contributed by atoms with Gasteiger partial charge in [-0.3, -0.25) is 0 Å². The lowest BCUT2D eigenvalue weighted by Crippen LogP contribution is -2.42. The Morgan fingerprint density at radius 1 is 1.25 bits per heavy atom. The first-order chi connectivity index (χ1) is 19.5. The number of amidine groups is 1. The Hall–Kier alpha value is -3.12. The minimum atomic E-state index is -1.74. The van der Waals surface area contributed by atoms with Crippen LogP contribution < -0.4 is 10.2 Å². The van der Waals surface area contributed by atoms with Crippen LogP contribution in [-0.2, 0) is 25.9 Å². The zero-order chi connectivity index (χ0) is 27.5. The van der Waals surface area contributed by atoms with Crippen molar-refractivity contribution in [1.82, 2.24) is 15.4 Å². The fourth-order valence-corrected chi connectivity index (χ4v) is 5.82. The Balaban J connectivity index is 1.15. The van der Waals surface area contributed by atoms with E-state index in [0.717, 1.165) is 48.3 Å². The Morgan fingerprint density at radius 2 is 2.08 bits per heavy atom. The number of piperidine rings is 1. The molecule has 0 saturated carbocycles. The number of hydroxylamine groups is 1. The smallest absolute Gasteiger partial charge is 0.309 e. The number of ether oxygens (including phenoxy) is 2. The van der Waals surface area contributed by atoms with E-state index in [-0.39, 0.29) is 6.61 Å². The number of allylic oxidation sites excluding steroid dienone is 4. The van der Waals surface area contributed by atoms with Gasteiger partial charge in [-0.15, -0.1) is 4.40 Å². The first-order valence-electron chi connectivity index (χ1n) is 13.2. The summed E-state index contributed by atoms with van der Waals surface area (Å²) >= 11 is 4.29. The standard InChI is InChI=1S/C29H29ClN4O5S/c30-22-10-8-21(9-11-22)29(35)12-16-34(17-13-29)15-3-4-20-18-24-25(37-19-27-32-39-40(36)33-27)6-1-7-26(24)38-28-23(20)5-2-14-31-28/h1-2,4-11,14,18,25,35H,3,12-13,15-17,19H2,(H,32,33). The fourth-order valence-electron chi connectivity index (χ4n) is 5.22. The Bertz CT molecular complexity index is 1440. The Morgan fingerprint density at radius 3 is 2.85 bits per heavy atom. The maximum atomic E-state index is 11.4. The molecule has 4 heterocycles. The van der Waals surface area contributed by atoms with E-state index in [1.54, 1.807) is 6.20 Å². The molecule has 2 aromatic rings. The lowest BCUT2D eigenvalue weighted by molar-refractivity contribution is -0.0254. The Kier molecular flexibility index (Phi) is 7.97. The summed E-state index contributed by atoms with van der Waals surface area (Å²) in [6.45, 7) is 2.59. The first kappa shape index (κ1) is 27.1. The molecule has 2 N–H and O–H groups in total. The maximum absolute atomic E-state index is 11.4. The number of rotatable bonds is 7. The van der Waals surface area contributed by atoms with E-state index in [1.165, 1.54) is 0 Å². The van der Waals surface area contributed by atoms with Gasteiger partial charge in [0.2, 0.25) is 5.88 Å². The molecule has 1 aromatic carbocycles. The van der Waals surface area contributed by atoms with E-state index < -0.39 is 23.0 Å². The summed E-state index contributed by atoms with van der Waals surface area (Å²) in [7, 11) is 0.